The molecule has 0 bridgehead atoms. The van der Waals surface area contributed by atoms with Crippen LogP contribution >= 0.6 is 0 Å². The summed E-state index contributed by atoms with van der Waals surface area (Å²) in [6.45, 7) is -1.37. The molecule has 0 atom stereocenters. The number of rotatable bonds is 5. The molecule has 1 amide bonds. The number of halogens is 2. The van der Waals surface area contributed by atoms with E-state index in [0.717, 1.165) is 16.8 Å². The number of amides is 1. The smallest absolute Gasteiger partial charge is 0.328 e. The Morgan fingerprint density at radius 3 is 2.36 bits per heavy atom. The Labute approximate surface area is 155 Å². The normalized spacial score (nSPS) is 10.6. The average Bonchev–Trinajstić information content (AvgIpc) is 2.63. The maximum atomic E-state index is 13.1. The molecule has 2 aromatic carbocycles. The minimum atomic E-state index is -0.964. The third-order valence-electron chi connectivity index (χ3n) is 3.68. The maximum absolute atomic E-state index is 13.1. The molecule has 1 aromatic heterocycles. The van der Waals surface area contributed by atoms with Crippen LogP contribution in [0.5, 0.6) is 0 Å². The predicted molar refractivity (Wildman–Crippen MR) is 94.8 cm³/mol. The topological polar surface area (TPSA) is 110 Å². The van der Waals surface area contributed by atoms with Crippen molar-refractivity contribution in [3.8, 4) is 0 Å². The number of hydrogen-bond donors (Lipinski definition) is 2. The number of aromatic amines is 1. The highest BCUT2D eigenvalue weighted by molar-refractivity contribution is 5.92. The van der Waals surface area contributed by atoms with E-state index in [9.17, 15) is 28.0 Å². The quantitative estimate of drug-likeness (QED) is 0.636. The van der Waals surface area contributed by atoms with Crippen molar-refractivity contribution in [2.75, 3.05) is 11.9 Å². The highest BCUT2D eigenvalue weighted by Crippen LogP contribution is 2.12. The Hall–Kier alpha value is -3.82. The fourth-order valence-corrected chi connectivity index (χ4v) is 2.50. The Bertz CT molecular complexity index is 1170. The second-order valence-electron chi connectivity index (χ2n) is 5.74. The average molecular weight is 389 g/mol. The molecule has 28 heavy (non-hydrogen) atoms. The monoisotopic (exact) mass is 389 g/mol. The first-order valence-electron chi connectivity index (χ1n) is 7.97. The predicted octanol–water partition coefficient (Wildman–Crippen LogP) is 1.15. The standard InChI is InChI=1S/C18H13F2N3O5/c19-10-5-11(20)7-12(6-10)21-15(24)9-28-16(25)8-23-18(27)14-4-2-1-3-13(14)17(26)22-23/h1-7H,8-9H2,(H,21,24)(H,22,26). The molecule has 0 saturated carbocycles. The van der Waals surface area contributed by atoms with Crippen LogP contribution in [0.4, 0.5) is 14.5 Å². The summed E-state index contributed by atoms with van der Waals surface area (Å²) in [5.41, 5.74) is -1.31. The molecule has 0 saturated heterocycles. The van der Waals surface area contributed by atoms with E-state index in [1.54, 1.807) is 12.1 Å². The molecule has 0 fully saturated rings. The van der Waals surface area contributed by atoms with Crippen molar-refractivity contribution in [3.63, 3.8) is 0 Å². The molecule has 1 heterocycles. The summed E-state index contributed by atoms with van der Waals surface area (Å²) in [7, 11) is 0. The van der Waals surface area contributed by atoms with Crippen LogP contribution in [0.1, 0.15) is 0 Å². The van der Waals surface area contributed by atoms with E-state index in [1.165, 1.54) is 12.1 Å². The zero-order chi connectivity index (χ0) is 20.3. The highest BCUT2D eigenvalue weighted by Gasteiger charge is 2.13. The Morgan fingerprint density at radius 1 is 1.04 bits per heavy atom. The number of H-pyrrole nitrogens is 1. The first-order chi connectivity index (χ1) is 13.3. The highest BCUT2D eigenvalue weighted by atomic mass is 19.1. The van der Waals surface area contributed by atoms with Crippen molar-refractivity contribution in [1.82, 2.24) is 9.78 Å². The molecule has 0 unspecified atom stereocenters. The second-order valence-corrected chi connectivity index (χ2v) is 5.74. The minimum Gasteiger partial charge on any atom is -0.454 e. The molecule has 0 aliphatic heterocycles. The number of anilines is 1. The number of aromatic nitrogens is 2. The number of carbonyl (C=O) groups is 2. The largest absolute Gasteiger partial charge is 0.454 e. The van der Waals surface area contributed by atoms with Gasteiger partial charge in [-0.15, -0.1) is 0 Å². The fourth-order valence-electron chi connectivity index (χ4n) is 2.50. The maximum Gasteiger partial charge on any atom is 0.328 e. The summed E-state index contributed by atoms with van der Waals surface area (Å²) < 4.78 is 31.7. The van der Waals surface area contributed by atoms with Gasteiger partial charge in [-0.05, 0) is 24.3 Å². The summed E-state index contributed by atoms with van der Waals surface area (Å²) in [5.74, 6) is -3.56. The molecule has 8 nitrogen and oxygen atoms in total. The number of esters is 1. The van der Waals surface area contributed by atoms with Gasteiger partial charge in [0.1, 0.15) is 18.2 Å². The lowest BCUT2D eigenvalue weighted by atomic mass is 10.2. The molecule has 0 aliphatic carbocycles. The first-order valence-corrected chi connectivity index (χ1v) is 7.97. The molecule has 0 aliphatic rings. The summed E-state index contributed by atoms with van der Waals surface area (Å²) >= 11 is 0. The summed E-state index contributed by atoms with van der Waals surface area (Å²) in [6, 6.07) is 8.50. The van der Waals surface area contributed by atoms with Crippen molar-refractivity contribution in [2.24, 2.45) is 0 Å². The zero-order valence-corrected chi connectivity index (χ0v) is 14.2. The molecule has 144 valence electrons. The molecular formula is C18H13F2N3O5. The summed E-state index contributed by atoms with van der Waals surface area (Å²) in [6.07, 6.45) is 0. The third-order valence-corrected chi connectivity index (χ3v) is 3.68. The van der Waals surface area contributed by atoms with Gasteiger partial charge >= 0.3 is 5.97 Å². The Kier molecular flexibility index (Phi) is 5.30. The number of fused-ring (bicyclic) bond motifs is 1. The fraction of sp³-hybridized carbons (Fsp3) is 0.111. The van der Waals surface area contributed by atoms with Crippen molar-refractivity contribution in [1.29, 1.82) is 0 Å². The van der Waals surface area contributed by atoms with Gasteiger partial charge in [-0.2, -0.15) is 0 Å². The molecular weight excluding hydrogens is 376 g/mol. The summed E-state index contributed by atoms with van der Waals surface area (Å²) in [4.78, 5) is 47.9. The van der Waals surface area contributed by atoms with Gasteiger partial charge < -0.3 is 10.1 Å². The van der Waals surface area contributed by atoms with Gasteiger partial charge in [0, 0.05) is 11.8 Å². The number of nitrogens with zero attached hydrogens (tertiary/aromatic N) is 1. The van der Waals surface area contributed by atoms with Gasteiger partial charge in [-0.3, -0.25) is 24.3 Å². The molecule has 3 rings (SSSR count). The zero-order valence-electron chi connectivity index (χ0n) is 14.2. The molecule has 3 aromatic rings. The van der Waals surface area contributed by atoms with E-state index >= 15 is 0 Å². The first kappa shape index (κ1) is 19.0. The molecule has 0 spiro atoms. The van der Waals surface area contributed by atoms with Gasteiger partial charge in [0.2, 0.25) is 0 Å². The molecule has 10 heteroatoms. The minimum absolute atomic E-state index is 0.130. The third kappa shape index (κ3) is 4.29. The van der Waals surface area contributed by atoms with E-state index in [4.69, 9.17) is 4.74 Å². The van der Waals surface area contributed by atoms with Crippen LogP contribution < -0.4 is 16.4 Å². The number of benzene rings is 2. The summed E-state index contributed by atoms with van der Waals surface area (Å²) in [5, 5.41) is 4.73. The van der Waals surface area contributed by atoms with Crippen molar-refractivity contribution < 1.29 is 23.1 Å². The van der Waals surface area contributed by atoms with E-state index in [2.05, 4.69) is 10.4 Å². The number of nitrogens with one attached hydrogen (secondary N) is 2. The number of ether oxygens (including phenoxy) is 1. The van der Waals surface area contributed by atoms with Crippen LogP contribution in [0.3, 0.4) is 0 Å². The van der Waals surface area contributed by atoms with E-state index in [-0.39, 0.29) is 16.5 Å². The van der Waals surface area contributed by atoms with Crippen LogP contribution in [-0.4, -0.2) is 28.3 Å². The van der Waals surface area contributed by atoms with E-state index in [1.807, 2.05) is 0 Å². The lowest BCUT2D eigenvalue weighted by molar-refractivity contribution is -0.148. The van der Waals surface area contributed by atoms with Gasteiger partial charge in [0.15, 0.2) is 6.61 Å². The van der Waals surface area contributed by atoms with Crippen molar-refractivity contribution in [3.05, 3.63) is 74.8 Å². The van der Waals surface area contributed by atoms with Crippen LogP contribution in [0, 0.1) is 11.6 Å². The van der Waals surface area contributed by atoms with Crippen molar-refractivity contribution in [2.45, 2.75) is 6.54 Å². The van der Waals surface area contributed by atoms with Crippen LogP contribution in [0.2, 0.25) is 0 Å². The second kappa shape index (κ2) is 7.82. The lowest BCUT2D eigenvalue weighted by Gasteiger charge is -2.09. The van der Waals surface area contributed by atoms with Gasteiger partial charge in [-0.25, -0.2) is 13.5 Å². The van der Waals surface area contributed by atoms with Gasteiger partial charge in [0.05, 0.1) is 10.8 Å². The lowest BCUT2D eigenvalue weighted by Crippen LogP contribution is -2.33. The van der Waals surface area contributed by atoms with Gasteiger partial charge in [0.25, 0.3) is 17.0 Å². The SMILES string of the molecule is O=C(COC(=O)Cn1[nH]c(=O)c2ccccc2c1=O)Nc1cc(F)cc(F)c1. The van der Waals surface area contributed by atoms with Crippen LogP contribution in [0.15, 0.2) is 52.1 Å². The Morgan fingerprint density at radius 2 is 1.68 bits per heavy atom. The van der Waals surface area contributed by atoms with E-state index in [0.29, 0.717) is 6.07 Å². The van der Waals surface area contributed by atoms with Gasteiger partial charge in [-0.1, -0.05) is 12.1 Å². The van der Waals surface area contributed by atoms with Crippen LogP contribution in [0.25, 0.3) is 10.8 Å². The Balaban J connectivity index is 1.64. The molecule has 0 radical (unpaired) electrons. The number of hydrogen-bond acceptors (Lipinski definition) is 5. The molecule has 2 N–H and O–H groups in total. The van der Waals surface area contributed by atoms with Crippen molar-refractivity contribution >= 4 is 28.3 Å². The van der Waals surface area contributed by atoms with Crippen LogP contribution in [-0.2, 0) is 20.9 Å². The van der Waals surface area contributed by atoms with E-state index < -0.39 is 47.8 Å². The number of carbonyl (C=O) groups excluding carboxylic acids is 2.